The van der Waals surface area contributed by atoms with E-state index in [-0.39, 0.29) is 0 Å². The van der Waals surface area contributed by atoms with E-state index < -0.39 is 8.07 Å². The van der Waals surface area contributed by atoms with E-state index in [2.05, 4.69) is 45.0 Å². The van der Waals surface area contributed by atoms with E-state index in [1.807, 2.05) is 0 Å². The van der Waals surface area contributed by atoms with Gasteiger partial charge < -0.3 is 4.74 Å². The third-order valence-corrected chi connectivity index (χ3v) is 10.2. The second-order valence-electron chi connectivity index (χ2n) is 4.91. The molecule has 1 rings (SSSR count). The first kappa shape index (κ1) is 14.3. The van der Waals surface area contributed by atoms with Crippen LogP contribution in [0.5, 0.6) is 5.75 Å². The average Bonchev–Trinajstić information content (AvgIpc) is 2.41. The van der Waals surface area contributed by atoms with Gasteiger partial charge >= 0.3 is 0 Å². The van der Waals surface area contributed by atoms with Gasteiger partial charge in [0.05, 0.1) is 15.2 Å². The maximum Gasteiger partial charge on any atom is 0.118 e. The number of methoxy groups -OCH3 is 1. The molecule has 0 bridgehead atoms. The molecule has 96 valence electrons. The molecule has 0 heterocycles. The lowest BCUT2D eigenvalue weighted by Crippen LogP contribution is -2.31. The Morgan fingerprint density at radius 1 is 0.941 bits per heavy atom. The van der Waals surface area contributed by atoms with Crippen LogP contribution in [0.25, 0.3) is 0 Å². The van der Waals surface area contributed by atoms with E-state index in [1.165, 1.54) is 36.2 Å². The predicted octanol–water partition coefficient (Wildman–Crippen LogP) is 4.75. The summed E-state index contributed by atoms with van der Waals surface area (Å²) in [6.07, 6.45) is 1.24. The zero-order chi connectivity index (χ0) is 12.7. The molecule has 0 aliphatic heterocycles. The second-order valence-corrected chi connectivity index (χ2v) is 10.5. The van der Waals surface area contributed by atoms with Gasteiger partial charge in [-0.15, -0.1) is 0 Å². The van der Waals surface area contributed by atoms with Crippen molar-refractivity contribution in [1.29, 1.82) is 0 Å². The Kier molecular flexibility index (Phi) is 5.76. The van der Waals surface area contributed by atoms with Crippen LogP contribution in [0, 0.1) is 0 Å². The normalized spacial score (nSPS) is 11.5. The van der Waals surface area contributed by atoms with Gasteiger partial charge in [-0.3, -0.25) is 0 Å². The van der Waals surface area contributed by atoms with Crippen molar-refractivity contribution in [3.63, 3.8) is 0 Å². The molecular weight excluding hydrogens is 224 g/mol. The predicted molar refractivity (Wildman–Crippen MR) is 78.7 cm³/mol. The number of hydrogen-bond acceptors (Lipinski definition) is 1. The molecule has 0 aliphatic carbocycles. The topological polar surface area (TPSA) is 9.23 Å². The lowest BCUT2D eigenvalue weighted by Gasteiger charge is -2.28. The van der Waals surface area contributed by atoms with Crippen LogP contribution >= 0.6 is 0 Å². The Balaban J connectivity index is 2.59. The largest absolute Gasteiger partial charge is 0.497 e. The standard InChI is InChI=1S/C15H26OSi/c1-5-17(6-2,7-3)13-12-14-8-10-15(16-4)11-9-14/h8-11H,5-7,12-13H2,1-4H3. The van der Waals surface area contributed by atoms with Crippen molar-refractivity contribution < 1.29 is 4.74 Å². The van der Waals surface area contributed by atoms with E-state index in [9.17, 15) is 0 Å². The third-order valence-electron chi connectivity index (χ3n) is 4.35. The lowest BCUT2D eigenvalue weighted by atomic mass is 10.2. The fourth-order valence-electron chi connectivity index (χ4n) is 2.48. The van der Waals surface area contributed by atoms with Gasteiger partial charge in [0, 0.05) is 0 Å². The molecule has 1 aromatic rings. The molecule has 1 nitrogen and oxygen atoms in total. The second kappa shape index (κ2) is 6.85. The van der Waals surface area contributed by atoms with E-state index >= 15 is 0 Å². The maximum atomic E-state index is 5.19. The maximum absolute atomic E-state index is 5.19. The summed E-state index contributed by atoms with van der Waals surface area (Å²) < 4.78 is 5.19. The molecule has 0 atom stereocenters. The molecule has 0 fully saturated rings. The molecule has 0 N–H and O–H groups in total. The van der Waals surface area contributed by atoms with Crippen LogP contribution < -0.4 is 4.74 Å². The summed E-state index contributed by atoms with van der Waals surface area (Å²) in [5, 5.41) is 0. The summed E-state index contributed by atoms with van der Waals surface area (Å²) >= 11 is 0. The number of hydrogen-bond donors (Lipinski definition) is 0. The average molecular weight is 250 g/mol. The minimum Gasteiger partial charge on any atom is -0.497 e. The highest BCUT2D eigenvalue weighted by Crippen LogP contribution is 2.27. The molecule has 0 radical (unpaired) electrons. The number of aryl methyl sites for hydroxylation is 1. The van der Waals surface area contributed by atoms with E-state index in [1.54, 1.807) is 7.11 Å². The highest BCUT2D eigenvalue weighted by Gasteiger charge is 2.25. The molecule has 17 heavy (non-hydrogen) atoms. The minimum atomic E-state index is -0.953. The molecule has 0 aromatic heterocycles. The smallest absolute Gasteiger partial charge is 0.118 e. The van der Waals surface area contributed by atoms with Gasteiger partial charge in [0.2, 0.25) is 0 Å². The Morgan fingerprint density at radius 2 is 1.47 bits per heavy atom. The van der Waals surface area contributed by atoms with Crippen LogP contribution in [0.1, 0.15) is 26.3 Å². The number of rotatable bonds is 7. The van der Waals surface area contributed by atoms with Gasteiger partial charge in [0.1, 0.15) is 5.75 Å². The molecule has 0 spiro atoms. The summed E-state index contributed by atoms with van der Waals surface area (Å²) in [6.45, 7) is 7.15. The summed E-state index contributed by atoms with van der Waals surface area (Å²) in [7, 11) is 0.767. The van der Waals surface area contributed by atoms with Crippen molar-refractivity contribution in [2.75, 3.05) is 7.11 Å². The van der Waals surface area contributed by atoms with Crippen molar-refractivity contribution in [3.05, 3.63) is 29.8 Å². The van der Waals surface area contributed by atoms with Gasteiger partial charge in [-0.05, 0) is 24.1 Å². The van der Waals surface area contributed by atoms with Crippen LogP contribution in [-0.2, 0) is 6.42 Å². The quantitative estimate of drug-likeness (QED) is 0.635. The molecule has 0 unspecified atom stereocenters. The zero-order valence-electron chi connectivity index (χ0n) is 11.8. The Morgan fingerprint density at radius 3 is 1.88 bits per heavy atom. The van der Waals surface area contributed by atoms with Gasteiger partial charge in [-0.1, -0.05) is 57.1 Å². The Hall–Kier alpha value is -0.763. The van der Waals surface area contributed by atoms with E-state index in [4.69, 9.17) is 4.74 Å². The molecule has 2 heteroatoms. The first-order valence-corrected chi connectivity index (χ1v) is 9.65. The van der Waals surface area contributed by atoms with Crippen molar-refractivity contribution in [2.24, 2.45) is 0 Å². The Bertz CT molecular complexity index is 306. The van der Waals surface area contributed by atoms with Gasteiger partial charge in [-0.2, -0.15) is 0 Å². The number of benzene rings is 1. The van der Waals surface area contributed by atoms with Gasteiger partial charge in [-0.25, -0.2) is 0 Å². The molecular formula is C15H26OSi. The molecule has 0 amide bonds. The third kappa shape index (κ3) is 3.88. The molecule has 0 saturated heterocycles. The molecule has 1 aromatic carbocycles. The van der Waals surface area contributed by atoms with Crippen molar-refractivity contribution in [3.8, 4) is 5.75 Å². The highest BCUT2D eigenvalue weighted by molar-refractivity contribution is 6.79. The fraction of sp³-hybridized carbons (Fsp3) is 0.600. The lowest BCUT2D eigenvalue weighted by molar-refractivity contribution is 0.414. The van der Waals surface area contributed by atoms with E-state index in [0.717, 1.165) is 5.75 Å². The van der Waals surface area contributed by atoms with Crippen LogP contribution in [-0.4, -0.2) is 15.2 Å². The molecule has 0 aliphatic rings. The number of ether oxygens (including phenoxy) is 1. The highest BCUT2D eigenvalue weighted by atomic mass is 28.3. The van der Waals surface area contributed by atoms with Crippen molar-refractivity contribution >= 4 is 8.07 Å². The van der Waals surface area contributed by atoms with Gasteiger partial charge in [0.25, 0.3) is 0 Å². The summed E-state index contributed by atoms with van der Waals surface area (Å²) in [4.78, 5) is 0. The van der Waals surface area contributed by atoms with Crippen LogP contribution in [0.2, 0.25) is 24.2 Å². The van der Waals surface area contributed by atoms with Crippen molar-refractivity contribution in [1.82, 2.24) is 0 Å². The molecule has 0 saturated carbocycles. The summed E-state index contributed by atoms with van der Waals surface area (Å²) in [5.74, 6) is 0.957. The first-order valence-electron chi connectivity index (χ1n) is 6.82. The Labute approximate surface area is 107 Å². The van der Waals surface area contributed by atoms with Crippen molar-refractivity contribution in [2.45, 2.75) is 51.4 Å². The summed E-state index contributed by atoms with van der Waals surface area (Å²) in [6, 6.07) is 14.3. The minimum absolute atomic E-state index is 0.953. The van der Waals surface area contributed by atoms with E-state index in [0.29, 0.717) is 0 Å². The zero-order valence-corrected chi connectivity index (χ0v) is 12.8. The van der Waals surface area contributed by atoms with Gasteiger partial charge in [0.15, 0.2) is 0 Å². The SMILES string of the molecule is CC[Si](CC)(CC)CCc1ccc(OC)cc1. The monoisotopic (exact) mass is 250 g/mol. The fourth-order valence-corrected chi connectivity index (χ4v) is 5.86. The van der Waals surface area contributed by atoms with Crippen LogP contribution in [0.4, 0.5) is 0 Å². The summed E-state index contributed by atoms with van der Waals surface area (Å²) in [5.41, 5.74) is 1.46. The van der Waals surface area contributed by atoms with Crippen LogP contribution in [0.15, 0.2) is 24.3 Å². The van der Waals surface area contributed by atoms with Crippen LogP contribution in [0.3, 0.4) is 0 Å². The first-order chi connectivity index (χ1) is 8.19.